The second kappa shape index (κ2) is 5.31. The Labute approximate surface area is 74.5 Å². The molecule has 0 aromatic rings. The van der Waals surface area contributed by atoms with Gasteiger partial charge in [0.15, 0.2) is 0 Å². The van der Waals surface area contributed by atoms with Gasteiger partial charge in [-0.05, 0) is 18.8 Å². The molecule has 0 saturated heterocycles. The molecule has 1 aliphatic rings. The topological polar surface area (TPSA) is 43.1 Å². The Morgan fingerprint density at radius 2 is 2.00 bits per heavy atom. The summed E-state index contributed by atoms with van der Waals surface area (Å²) in [5, 5.41) is 0. The second-order valence-electron chi connectivity index (χ2n) is 3.88. The van der Waals surface area contributed by atoms with Crippen LogP contribution in [0.3, 0.4) is 0 Å². The Hall–Kier alpha value is -0.370. The van der Waals surface area contributed by atoms with Crippen LogP contribution >= 0.6 is 0 Å². The molecule has 0 heterocycles. The molecule has 1 atom stereocenters. The Kier molecular flexibility index (Phi) is 4.30. The van der Waals surface area contributed by atoms with Gasteiger partial charge in [0.1, 0.15) is 6.29 Å². The van der Waals surface area contributed by atoms with Crippen molar-refractivity contribution in [3.63, 3.8) is 0 Å². The maximum atomic E-state index is 10.3. The molecule has 2 N–H and O–H groups in total. The number of rotatable bonds is 4. The van der Waals surface area contributed by atoms with E-state index in [-0.39, 0.29) is 6.04 Å². The summed E-state index contributed by atoms with van der Waals surface area (Å²) >= 11 is 0. The third kappa shape index (κ3) is 3.35. The summed E-state index contributed by atoms with van der Waals surface area (Å²) in [5.41, 5.74) is 5.52. The van der Waals surface area contributed by atoms with E-state index in [1.54, 1.807) is 0 Å². The van der Waals surface area contributed by atoms with Crippen molar-refractivity contribution in [1.82, 2.24) is 0 Å². The minimum Gasteiger partial charge on any atom is -0.322 e. The van der Waals surface area contributed by atoms with Crippen LogP contribution in [0.1, 0.15) is 44.9 Å². The van der Waals surface area contributed by atoms with Crippen molar-refractivity contribution in [1.29, 1.82) is 0 Å². The highest BCUT2D eigenvalue weighted by Crippen LogP contribution is 2.27. The van der Waals surface area contributed by atoms with Gasteiger partial charge in [-0.1, -0.05) is 32.1 Å². The van der Waals surface area contributed by atoms with Crippen LogP contribution in [0.4, 0.5) is 0 Å². The van der Waals surface area contributed by atoms with E-state index in [2.05, 4.69) is 0 Å². The van der Waals surface area contributed by atoms with E-state index in [9.17, 15) is 4.79 Å². The molecular weight excluding hydrogens is 150 g/mol. The first-order chi connectivity index (χ1) is 5.83. The van der Waals surface area contributed by atoms with Crippen LogP contribution in [0.25, 0.3) is 0 Å². The molecule has 2 heteroatoms. The summed E-state index contributed by atoms with van der Waals surface area (Å²) in [6.45, 7) is 0. The van der Waals surface area contributed by atoms with Gasteiger partial charge in [0.05, 0.1) is 6.04 Å². The first-order valence-corrected chi connectivity index (χ1v) is 5.04. The molecule has 0 bridgehead atoms. The zero-order valence-corrected chi connectivity index (χ0v) is 7.67. The number of aldehydes is 1. The van der Waals surface area contributed by atoms with Crippen molar-refractivity contribution >= 4 is 6.29 Å². The molecule has 1 saturated carbocycles. The van der Waals surface area contributed by atoms with Gasteiger partial charge < -0.3 is 10.5 Å². The van der Waals surface area contributed by atoms with E-state index in [0.717, 1.165) is 25.0 Å². The summed E-state index contributed by atoms with van der Waals surface area (Å²) in [5.74, 6) is 0.852. The van der Waals surface area contributed by atoms with Crippen LogP contribution in [-0.4, -0.2) is 12.3 Å². The number of carbonyl (C=O) groups excluding carboxylic acids is 1. The molecule has 70 valence electrons. The average Bonchev–Trinajstić information content (AvgIpc) is 2.16. The van der Waals surface area contributed by atoms with E-state index in [0.29, 0.717) is 0 Å². The van der Waals surface area contributed by atoms with Crippen molar-refractivity contribution in [3.05, 3.63) is 0 Å². The second-order valence-corrected chi connectivity index (χ2v) is 3.88. The molecule has 0 aromatic carbocycles. The van der Waals surface area contributed by atoms with Gasteiger partial charge in [-0.15, -0.1) is 0 Å². The van der Waals surface area contributed by atoms with Crippen molar-refractivity contribution in [2.45, 2.75) is 51.0 Å². The lowest BCUT2D eigenvalue weighted by molar-refractivity contribution is -0.109. The first kappa shape index (κ1) is 9.72. The number of nitrogens with two attached hydrogens (primary N) is 1. The predicted molar refractivity (Wildman–Crippen MR) is 49.8 cm³/mol. The molecule has 0 radical (unpaired) electrons. The van der Waals surface area contributed by atoms with Crippen LogP contribution in [0, 0.1) is 5.92 Å². The number of hydrogen-bond acceptors (Lipinski definition) is 2. The average molecular weight is 169 g/mol. The normalized spacial score (nSPS) is 22.1. The lowest BCUT2D eigenvalue weighted by Gasteiger charge is -2.21. The largest absolute Gasteiger partial charge is 0.322 e. The summed E-state index contributed by atoms with van der Waals surface area (Å²) in [7, 11) is 0. The standard InChI is InChI=1S/C10H19NO/c11-10(8-12)7-6-9-4-2-1-3-5-9/h8-10H,1-7,11H2. The molecule has 1 unspecified atom stereocenters. The quantitative estimate of drug-likeness (QED) is 0.653. The fourth-order valence-electron chi connectivity index (χ4n) is 1.97. The van der Waals surface area contributed by atoms with Gasteiger partial charge in [-0.3, -0.25) is 0 Å². The van der Waals surface area contributed by atoms with Crippen molar-refractivity contribution < 1.29 is 4.79 Å². The van der Waals surface area contributed by atoms with Gasteiger partial charge in [0.25, 0.3) is 0 Å². The van der Waals surface area contributed by atoms with Gasteiger partial charge >= 0.3 is 0 Å². The van der Waals surface area contributed by atoms with Crippen molar-refractivity contribution in [2.24, 2.45) is 11.7 Å². The minimum atomic E-state index is -0.216. The maximum absolute atomic E-state index is 10.3. The third-order valence-electron chi connectivity index (χ3n) is 2.81. The SMILES string of the molecule is NC(C=O)CCC1CCCCC1. The van der Waals surface area contributed by atoms with Crippen LogP contribution in [0.5, 0.6) is 0 Å². The molecule has 0 amide bonds. The van der Waals surface area contributed by atoms with E-state index < -0.39 is 0 Å². The molecule has 0 aliphatic heterocycles. The lowest BCUT2D eigenvalue weighted by Crippen LogP contribution is -2.22. The number of carbonyl (C=O) groups is 1. The van der Waals surface area contributed by atoms with E-state index in [1.807, 2.05) is 0 Å². The van der Waals surface area contributed by atoms with Crippen molar-refractivity contribution in [2.75, 3.05) is 0 Å². The lowest BCUT2D eigenvalue weighted by atomic mass is 9.85. The molecular formula is C10H19NO. The Balaban J connectivity index is 2.08. The van der Waals surface area contributed by atoms with Crippen LogP contribution in [0.15, 0.2) is 0 Å². The highest BCUT2D eigenvalue weighted by atomic mass is 16.1. The van der Waals surface area contributed by atoms with Gasteiger partial charge in [-0.25, -0.2) is 0 Å². The minimum absolute atomic E-state index is 0.216. The molecule has 12 heavy (non-hydrogen) atoms. The summed E-state index contributed by atoms with van der Waals surface area (Å²) < 4.78 is 0. The molecule has 0 spiro atoms. The van der Waals surface area contributed by atoms with Gasteiger partial charge in [-0.2, -0.15) is 0 Å². The zero-order valence-electron chi connectivity index (χ0n) is 7.67. The van der Waals surface area contributed by atoms with E-state index >= 15 is 0 Å². The maximum Gasteiger partial charge on any atom is 0.136 e. The summed E-state index contributed by atoms with van der Waals surface area (Å²) in [4.78, 5) is 10.3. The predicted octanol–water partition coefficient (Wildman–Crippen LogP) is 1.87. The summed E-state index contributed by atoms with van der Waals surface area (Å²) in [6, 6.07) is -0.216. The summed E-state index contributed by atoms with van der Waals surface area (Å²) in [6.07, 6.45) is 9.76. The van der Waals surface area contributed by atoms with E-state index in [1.165, 1.54) is 32.1 Å². The molecule has 1 fully saturated rings. The van der Waals surface area contributed by atoms with Crippen molar-refractivity contribution in [3.8, 4) is 0 Å². The van der Waals surface area contributed by atoms with E-state index in [4.69, 9.17) is 5.73 Å². The molecule has 1 aliphatic carbocycles. The number of hydrogen-bond donors (Lipinski definition) is 1. The third-order valence-corrected chi connectivity index (χ3v) is 2.81. The Morgan fingerprint density at radius 3 is 2.58 bits per heavy atom. The van der Waals surface area contributed by atoms with Crippen LogP contribution < -0.4 is 5.73 Å². The zero-order chi connectivity index (χ0) is 8.81. The van der Waals surface area contributed by atoms with Gasteiger partial charge in [0, 0.05) is 0 Å². The fraction of sp³-hybridized carbons (Fsp3) is 0.900. The molecule has 2 nitrogen and oxygen atoms in total. The molecule has 1 rings (SSSR count). The Bertz CT molecular complexity index is 130. The van der Waals surface area contributed by atoms with Crippen LogP contribution in [0.2, 0.25) is 0 Å². The highest BCUT2D eigenvalue weighted by molar-refractivity contribution is 5.56. The van der Waals surface area contributed by atoms with Crippen LogP contribution in [-0.2, 0) is 4.79 Å². The fourth-order valence-corrected chi connectivity index (χ4v) is 1.97. The van der Waals surface area contributed by atoms with Gasteiger partial charge in [0.2, 0.25) is 0 Å². The first-order valence-electron chi connectivity index (χ1n) is 5.04. The smallest absolute Gasteiger partial charge is 0.136 e. The Morgan fingerprint density at radius 1 is 1.33 bits per heavy atom. The highest BCUT2D eigenvalue weighted by Gasteiger charge is 2.13. The monoisotopic (exact) mass is 169 g/mol. The molecule has 0 aromatic heterocycles.